The Kier molecular flexibility index (Phi) is 4.33. The van der Waals surface area contributed by atoms with Crippen LogP contribution in [0.15, 0.2) is 24.3 Å². The Bertz CT molecular complexity index is 397. The molecular formula is C14H20N2O2. The number of anilines is 1. The molecule has 0 saturated carbocycles. The molecule has 1 saturated heterocycles. The molecule has 4 nitrogen and oxygen atoms in total. The van der Waals surface area contributed by atoms with Crippen molar-refractivity contribution in [3.63, 3.8) is 0 Å². The first-order valence-electron chi connectivity index (χ1n) is 6.32. The van der Waals surface area contributed by atoms with E-state index in [-0.39, 0.29) is 12.0 Å². The van der Waals surface area contributed by atoms with Crippen LogP contribution in [0.5, 0.6) is 0 Å². The quantitative estimate of drug-likeness (QED) is 0.877. The van der Waals surface area contributed by atoms with Crippen LogP contribution in [-0.2, 0) is 9.53 Å². The molecule has 98 valence electrons. The van der Waals surface area contributed by atoms with Crippen LogP contribution < -0.4 is 10.2 Å². The maximum Gasteiger partial charge on any atom is 0.229 e. The van der Waals surface area contributed by atoms with Crippen LogP contribution in [0.4, 0.5) is 5.69 Å². The molecule has 1 unspecified atom stereocenters. The van der Waals surface area contributed by atoms with Gasteiger partial charge in [0.05, 0.1) is 19.1 Å². The number of amides is 1. The summed E-state index contributed by atoms with van der Waals surface area (Å²) in [7, 11) is 1.81. The highest BCUT2D eigenvalue weighted by Crippen LogP contribution is 2.15. The molecule has 0 radical (unpaired) electrons. The number of hydrogen-bond acceptors (Lipinski definition) is 3. The molecule has 1 atom stereocenters. The van der Waals surface area contributed by atoms with Crippen molar-refractivity contribution in [3.05, 3.63) is 29.8 Å². The van der Waals surface area contributed by atoms with Crippen molar-refractivity contribution in [1.29, 1.82) is 0 Å². The first kappa shape index (κ1) is 13.1. The molecular weight excluding hydrogens is 228 g/mol. The van der Waals surface area contributed by atoms with Crippen LogP contribution in [0.1, 0.15) is 12.0 Å². The number of nitrogens with zero attached hydrogens (tertiary/aromatic N) is 1. The molecule has 0 aliphatic carbocycles. The lowest BCUT2D eigenvalue weighted by atomic mass is 10.2. The molecule has 1 amide bonds. The van der Waals surface area contributed by atoms with Gasteiger partial charge in [-0.3, -0.25) is 4.79 Å². The van der Waals surface area contributed by atoms with Gasteiger partial charge in [-0.05, 0) is 19.1 Å². The Morgan fingerprint density at radius 2 is 2.17 bits per heavy atom. The van der Waals surface area contributed by atoms with Gasteiger partial charge in [0.2, 0.25) is 5.91 Å². The van der Waals surface area contributed by atoms with E-state index in [2.05, 4.69) is 5.32 Å². The first-order chi connectivity index (χ1) is 8.66. The standard InChI is InChI=1S/C14H20N2O2/c1-11-3-5-12(6-4-11)16(2)14(17)9-13-10-15-7-8-18-13/h3-6,13,15H,7-10H2,1-2H3. The van der Waals surface area contributed by atoms with E-state index in [1.807, 2.05) is 38.2 Å². The summed E-state index contributed by atoms with van der Waals surface area (Å²) in [6.07, 6.45) is 0.427. The maximum absolute atomic E-state index is 12.1. The van der Waals surface area contributed by atoms with E-state index in [0.29, 0.717) is 13.0 Å². The van der Waals surface area contributed by atoms with Gasteiger partial charge in [-0.1, -0.05) is 17.7 Å². The number of carbonyl (C=O) groups is 1. The monoisotopic (exact) mass is 248 g/mol. The van der Waals surface area contributed by atoms with Crippen molar-refractivity contribution >= 4 is 11.6 Å². The molecule has 0 bridgehead atoms. The van der Waals surface area contributed by atoms with Crippen molar-refractivity contribution in [1.82, 2.24) is 5.32 Å². The predicted octanol–water partition coefficient (Wildman–Crippen LogP) is 1.34. The minimum Gasteiger partial charge on any atom is -0.375 e. The Morgan fingerprint density at radius 3 is 2.78 bits per heavy atom. The number of benzene rings is 1. The zero-order valence-electron chi connectivity index (χ0n) is 11.0. The number of aryl methyl sites for hydroxylation is 1. The predicted molar refractivity (Wildman–Crippen MR) is 71.8 cm³/mol. The summed E-state index contributed by atoms with van der Waals surface area (Å²) in [4.78, 5) is 13.8. The van der Waals surface area contributed by atoms with Gasteiger partial charge in [0, 0.05) is 25.8 Å². The number of ether oxygens (including phenoxy) is 1. The smallest absolute Gasteiger partial charge is 0.229 e. The number of nitrogens with one attached hydrogen (secondary N) is 1. The molecule has 1 aliphatic heterocycles. The van der Waals surface area contributed by atoms with E-state index in [1.54, 1.807) is 4.90 Å². The second-order valence-corrected chi connectivity index (χ2v) is 4.69. The molecule has 1 N–H and O–H groups in total. The lowest BCUT2D eigenvalue weighted by Crippen LogP contribution is -2.41. The molecule has 4 heteroatoms. The Labute approximate surface area is 108 Å². The highest BCUT2D eigenvalue weighted by atomic mass is 16.5. The molecule has 1 aromatic rings. The van der Waals surface area contributed by atoms with Gasteiger partial charge >= 0.3 is 0 Å². The van der Waals surface area contributed by atoms with Gasteiger partial charge in [0.25, 0.3) is 0 Å². The third-order valence-corrected chi connectivity index (χ3v) is 3.20. The number of rotatable bonds is 3. The fraction of sp³-hybridized carbons (Fsp3) is 0.500. The van der Waals surface area contributed by atoms with Gasteiger partial charge in [0.15, 0.2) is 0 Å². The average molecular weight is 248 g/mol. The van der Waals surface area contributed by atoms with E-state index < -0.39 is 0 Å². The molecule has 1 aromatic carbocycles. The van der Waals surface area contributed by atoms with Crippen molar-refractivity contribution in [2.75, 3.05) is 31.6 Å². The molecule has 0 aromatic heterocycles. The topological polar surface area (TPSA) is 41.6 Å². The van der Waals surface area contributed by atoms with Gasteiger partial charge in [-0.25, -0.2) is 0 Å². The fourth-order valence-electron chi connectivity index (χ4n) is 1.99. The second-order valence-electron chi connectivity index (χ2n) is 4.69. The minimum absolute atomic E-state index is 0.000789. The van der Waals surface area contributed by atoms with Crippen molar-refractivity contribution in [2.24, 2.45) is 0 Å². The van der Waals surface area contributed by atoms with Crippen molar-refractivity contribution in [2.45, 2.75) is 19.4 Å². The van der Waals surface area contributed by atoms with Crippen molar-refractivity contribution < 1.29 is 9.53 Å². The molecule has 1 heterocycles. The van der Waals surface area contributed by atoms with E-state index in [1.165, 1.54) is 5.56 Å². The number of carbonyl (C=O) groups excluding carboxylic acids is 1. The fourth-order valence-corrected chi connectivity index (χ4v) is 1.99. The van der Waals surface area contributed by atoms with E-state index in [9.17, 15) is 4.79 Å². The van der Waals surface area contributed by atoms with Crippen LogP contribution in [0.3, 0.4) is 0 Å². The highest BCUT2D eigenvalue weighted by molar-refractivity contribution is 5.93. The Hall–Kier alpha value is -1.39. The lowest BCUT2D eigenvalue weighted by Gasteiger charge is -2.25. The zero-order valence-corrected chi connectivity index (χ0v) is 11.0. The summed E-state index contributed by atoms with van der Waals surface area (Å²) in [5, 5.41) is 3.23. The highest BCUT2D eigenvalue weighted by Gasteiger charge is 2.20. The zero-order chi connectivity index (χ0) is 13.0. The first-order valence-corrected chi connectivity index (χ1v) is 6.32. The largest absolute Gasteiger partial charge is 0.375 e. The van der Waals surface area contributed by atoms with Crippen LogP contribution in [0.25, 0.3) is 0 Å². The Balaban J connectivity index is 1.93. The molecule has 1 aliphatic rings. The van der Waals surface area contributed by atoms with E-state index >= 15 is 0 Å². The molecule has 0 spiro atoms. The summed E-state index contributed by atoms with van der Waals surface area (Å²) >= 11 is 0. The number of morpholine rings is 1. The van der Waals surface area contributed by atoms with Gasteiger partial charge in [-0.15, -0.1) is 0 Å². The molecule has 2 rings (SSSR count). The van der Waals surface area contributed by atoms with Crippen LogP contribution in [-0.4, -0.2) is 38.8 Å². The summed E-state index contributed by atoms with van der Waals surface area (Å²) in [5.41, 5.74) is 2.12. The SMILES string of the molecule is Cc1ccc(N(C)C(=O)CC2CNCCO2)cc1. The normalized spacial score (nSPS) is 19.6. The van der Waals surface area contributed by atoms with E-state index in [4.69, 9.17) is 4.74 Å². The lowest BCUT2D eigenvalue weighted by molar-refractivity contribution is -0.121. The van der Waals surface area contributed by atoms with Gasteiger partial charge < -0.3 is 15.0 Å². The summed E-state index contributed by atoms with van der Waals surface area (Å²) in [6.45, 7) is 4.35. The molecule has 18 heavy (non-hydrogen) atoms. The average Bonchev–Trinajstić information content (AvgIpc) is 2.40. The van der Waals surface area contributed by atoms with Crippen LogP contribution >= 0.6 is 0 Å². The van der Waals surface area contributed by atoms with Crippen LogP contribution in [0.2, 0.25) is 0 Å². The summed E-state index contributed by atoms with van der Waals surface area (Å²) in [5.74, 6) is 0.0903. The number of hydrogen-bond donors (Lipinski definition) is 1. The Morgan fingerprint density at radius 1 is 1.44 bits per heavy atom. The summed E-state index contributed by atoms with van der Waals surface area (Å²) < 4.78 is 5.54. The second kappa shape index (κ2) is 5.98. The van der Waals surface area contributed by atoms with Crippen molar-refractivity contribution in [3.8, 4) is 0 Å². The summed E-state index contributed by atoms with van der Waals surface area (Å²) in [6, 6.07) is 7.95. The third-order valence-electron chi connectivity index (χ3n) is 3.20. The minimum atomic E-state index is -0.000789. The maximum atomic E-state index is 12.1. The van der Waals surface area contributed by atoms with Gasteiger partial charge in [-0.2, -0.15) is 0 Å². The van der Waals surface area contributed by atoms with Gasteiger partial charge in [0.1, 0.15) is 0 Å². The molecule has 1 fully saturated rings. The van der Waals surface area contributed by atoms with E-state index in [0.717, 1.165) is 18.8 Å². The van der Waals surface area contributed by atoms with Crippen LogP contribution in [0, 0.1) is 6.92 Å². The third kappa shape index (κ3) is 3.31.